The Labute approximate surface area is 143 Å². The zero-order chi connectivity index (χ0) is 17.3. The lowest BCUT2D eigenvalue weighted by atomic mass is 10.2. The number of aliphatic carboxylic acids is 1. The van der Waals surface area contributed by atoms with E-state index < -0.39 is 18.0 Å². The van der Waals surface area contributed by atoms with E-state index in [0.29, 0.717) is 22.2 Å². The number of nitrogens with zero attached hydrogens (tertiary/aromatic N) is 1. The summed E-state index contributed by atoms with van der Waals surface area (Å²) in [7, 11) is 0. The highest BCUT2D eigenvalue weighted by Gasteiger charge is 2.26. The highest BCUT2D eigenvalue weighted by Crippen LogP contribution is 2.40. The first kappa shape index (κ1) is 16.1. The second kappa shape index (κ2) is 6.41. The number of anilines is 1. The molecule has 0 fully saturated rings. The third kappa shape index (κ3) is 3.14. The van der Waals surface area contributed by atoms with Gasteiger partial charge in [-0.15, -0.1) is 0 Å². The molecule has 1 aliphatic rings. The van der Waals surface area contributed by atoms with Gasteiger partial charge in [-0.1, -0.05) is 29.8 Å². The number of halogens is 1. The minimum atomic E-state index is -1.36. The molecule has 1 unspecified atom stereocenters. The fourth-order valence-corrected chi connectivity index (χ4v) is 2.57. The van der Waals surface area contributed by atoms with Crippen LogP contribution in [0.5, 0.6) is 11.5 Å². The van der Waals surface area contributed by atoms with Crippen LogP contribution in [0, 0.1) is 0 Å². The molecule has 2 aromatic carbocycles. The lowest BCUT2D eigenvalue weighted by molar-refractivity contribution is -0.307. The van der Waals surface area contributed by atoms with Crippen molar-refractivity contribution in [2.45, 2.75) is 19.5 Å². The van der Waals surface area contributed by atoms with Crippen molar-refractivity contribution >= 4 is 29.3 Å². The van der Waals surface area contributed by atoms with Crippen LogP contribution in [0.15, 0.2) is 42.5 Å². The Morgan fingerprint density at radius 3 is 2.75 bits per heavy atom. The Hall–Kier alpha value is -2.73. The number of carboxylic acid groups (broad SMARTS) is 1. The van der Waals surface area contributed by atoms with Crippen LogP contribution in [0.1, 0.15) is 12.5 Å². The zero-order valence-corrected chi connectivity index (χ0v) is 13.5. The van der Waals surface area contributed by atoms with Gasteiger partial charge in [-0.2, -0.15) is 0 Å². The molecule has 0 aliphatic carbocycles. The first-order valence-corrected chi connectivity index (χ1v) is 7.67. The van der Waals surface area contributed by atoms with Gasteiger partial charge in [0.15, 0.2) is 5.75 Å². The van der Waals surface area contributed by atoms with Crippen LogP contribution < -0.4 is 20.1 Å². The van der Waals surface area contributed by atoms with E-state index in [1.165, 1.54) is 11.8 Å². The average Bonchev–Trinajstić information content (AvgIpc) is 2.71. The van der Waals surface area contributed by atoms with Crippen LogP contribution in [-0.4, -0.2) is 18.0 Å². The molecule has 2 aromatic rings. The maximum absolute atomic E-state index is 12.6. The summed E-state index contributed by atoms with van der Waals surface area (Å²) in [5.41, 5.74) is 1.25. The Bertz CT molecular complexity index is 809. The summed E-state index contributed by atoms with van der Waals surface area (Å²) in [6.45, 7) is 1.56. The van der Waals surface area contributed by atoms with Gasteiger partial charge in [0.2, 0.25) is 0 Å². The number of rotatable bonds is 2. The molecule has 0 aromatic heterocycles. The van der Waals surface area contributed by atoms with Crippen molar-refractivity contribution in [3.05, 3.63) is 53.1 Å². The first-order chi connectivity index (χ1) is 11.5. The second-order valence-electron chi connectivity index (χ2n) is 5.40. The van der Waals surface area contributed by atoms with Crippen molar-refractivity contribution in [3.8, 4) is 11.5 Å². The van der Waals surface area contributed by atoms with E-state index in [2.05, 4.69) is 5.32 Å². The molecule has 1 aliphatic heterocycles. The summed E-state index contributed by atoms with van der Waals surface area (Å²) in [4.78, 5) is 24.9. The van der Waals surface area contributed by atoms with Gasteiger partial charge in [0.1, 0.15) is 5.75 Å². The molecule has 0 spiro atoms. The molecule has 1 atom stereocenters. The van der Waals surface area contributed by atoms with E-state index in [9.17, 15) is 14.7 Å². The maximum Gasteiger partial charge on any atom is 0.322 e. The molecule has 124 valence electrons. The summed E-state index contributed by atoms with van der Waals surface area (Å²) < 4.78 is 5.88. The number of benzene rings is 2. The predicted molar refractivity (Wildman–Crippen MR) is 87.2 cm³/mol. The number of ether oxygens (including phenoxy) is 1. The quantitative estimate of drug-likeness (QED) is 0.905. The lowest BCUT2D eigenvalue weighted by Gasteiger charge is -2.25. The molecular formula is C17H14ClN2O4-. The molecule has 1 N–H and O–H groups in total. The van der Waals surface area contributed by atoms with Gasteiger partial charge in [0, 0.05) is 10.6 Å². The molecule has 1 heterocycles. The van der Waals surface area contributed by atoms with Crippen molar-refractivity contribution in [2.24, 2.45) is 0 Å². The van der Waals surface area contributed by atoms with Crippen molar-refractivity contribution in [1.29, 1.82) is 0 Å². The number of carbonyl (C=O) groups excluding carboxylic acids is 2. The predicted octanol–water partition coefficient (Wildman–Crippen LogP) is 2.30. The second-order valence-corrected chi connectivity index (χ2v) is 5.83. The first-order valence-electron chi connectivity index (χ1n) is 7.30. The fourth-order valence-electron chi connectivity index (χ4n) is 2.40. The Balaban J connectivity index is 2.02. The molecule has 6 nitrogen and oxygen atoms in total. The number of hydrogen-bond acceptors (Lipinski definition) is 4. The van der Waals surface area contributed by atoms with Crippen LogP contribution in [0.4, 0.5) is 10.5 Å². The number of carboxylic acids is 1. The van der Waals surface area contributed by atoms with Gasteiger partial charge in [-0.3, -0.25) is 4.90 Å². The molecular weight excluding hydrogens is 332 g/mol. The number of hydrogen-bond donors (Lipinski definition) is 1. The summed E-state index contributed by atoms with van der Waals surface area (Å²) in [5.74, 6) is -0.272. The summed E-state index contributed by atoms with van der Waals surface area (Å²) in [6.07, 6.45) is 0. The van der Waals surface area contributed by atoms with E-state index in [0.717, 1.165) is 5.56 Å². The Morgan fingerprint density at radius 2 is 2.00 bits per heavy atom. The standard InChI is InChI=1S/C17H15ClN2O4/c1-10(16(21)22)19-17(23)20-9-11-4-2-3-5-14(11)24-15-7-6-12(18)8-13(15)20/h2-8,10H,9H2,1H3,(H,19,23)(H,21,22)/p-1. The number of fused-ring (bicyclic) bond motifs is 2. The molecule has 0 radical (unpaired) electrons. The molecule has 0 bridgehead atoms. The smallest absolute Gasteiger partial charge is 0.322 e. The summed E-state index contributed by atoms with van der Waals surface area (Å²) in [5, 5.41) is 13.7. The molecule has 0 saturated carbocycles. The van der Waals surface area contributed by atoms with Gasteiger partial charge in [-0.25, -0.2) is 4.79 Å². The zero-order valence-electron chi connectivity index (χ0n) is 12.8. The number of para-hydroxylation sites is 1. The topological polar surface area (TPSA) is 81.7 Å². The molecule has 7 heteroatoms. The van der Waals surface area contributed by atoms with E-state index in [1.807, 2.05) is 18.2 Å². The Kier molecular flexibility index (Phi) is 4.31. The highest BCUT2D eigenvalue weighted by molar-refractivity contribution is 6.31. The van der Waals surface area contributed by atoms with Crippen LogP contribution >= 0.6 is 11.6 Å². The van der Waals surface area contributed by atoms with Gasteiger partial charge in [-0.05, 0) is 31.2 Å². The number of nitrogens with one attached hydrogen (secondary N) is 1. The minimum Gasteiger partial charge on any atom is -0.548 e. The van der Waals surface area contributed by atoms with Gasteiger partial charge in [0.05, 0.1) is 24.2 Å². The maximum atomic E-state index is 12.6. The van der Waals surface area contributed by atoms with Crippen molar-refractivity contribution < 1.29 is 19.4 Å². The highest BCUT2D eigenvalue weighted by atomic mass is 35.5. The molecule has 3 rings (SSSR count). The fraction of sp³-hybridized carbons (Fsp3) is 0.176. The van der Waals surface area contributed by atoms with Crippen molar-refractivity contribution in [2.75, 3.05) is 4.90 Å². The molecule has 24 heavy (non-hydrogen) atoms. The van der Waals surface area contributed by atoms with Crippen molar-refractivity contribution in [3.63, 3.8) is 0 Å². The monoisotopic (exact) mass is 345 g/mol. The normalized spacial score (nSPS) is 13.8. The SMILES string of the molecule is CC(NC(=O)N1Cc2ccccc2Oc2ccc(Cl)cc21)C(=O)[O-]. The van der Waals surface area contributed by atoms with Gasteiger partial charge >= 0.3 is 6.03 Å². The third-order valence-corrected chi connectivity index (χ3v) is 3.91. The van der Waals surface area contributed by atoms with Gasteiger partial charge in [0.25, 0.3) is 0 Å². The van der Waals surface area contributed by atoms with E-state index >= 15 is 0 Å². The number of carbonyl (C=O) groups is 2. The largest absolute Gasteiger partial charge is 0.548 e. The van der Waals surface area contributed by atoms with Crippen molar-refractivity contribution in [1.82, 2.24) is 5.32 Å². The van der Waals surface area contributed by atoms with Crippen LogP contribution in [0.25, 0.3) is 0 Å². The van der Waals surface area contributed by atoms with Crippen LogP contribution in [0.3, 0.4) is 0 Å². The van der Waals surface area contributed by atoms with E-state index in [-0.39, 0.29) is 6.54 Å². The molecule has 2 amide bonds. The number of amides is 2. The lowest BCUT2D eigenvalue weighted by Crippen LogP contribution is -2.50. The summed E-state index contributed by atoms with van der Waals surface area (Å²) >= 11 is 6.05. The molecule has 0 saturated heterocycles. The van der Waals surface area contributed by atoms with E-state index in [1.54, 1.807) is 24.3 Å². The van der Waals surface area contributed by atoms with Crippen LogP contribution in [-0.2, 0) is 11.3 Å². The minimum absolute atomic E-state index is 0.217. The average molecular weight is 346 g/mol. The summed E-state index contributed by atoms with van der Waals surface area (Å²) in [6, 6.07) is 10.6. The Morgan fingerprint density at radius 1 is 1.25 bits per heavy atom. The van der Waals surface area contributed by atoms with Gasteiger partial charge < -0.3 is 20.0 Å². The van der Waals surface area contributed by atoms with Crippen LogP contribution in [0.2, 0.25) is 5.02 Å². The number of urea groups is 1. The third-order valence-electron chi connectivity index (χ3n) is 3.67. The van der Waals surface area contributed by atoms with E-state index in [4.69, 9.17) is 16.3 Å².